The Morgan fingerprint density at radius 2 is 1.92 bits per heavy atom. The second-order valence-electron chi connectivity index (χ2n) is 9.66. The molecule has 0 amide bonds. The predicted molar refractivity (Wildman–Crippen MR) is 130 cm³/mol. The largest absolute Gasteiger partial charge is 0.495 e. The molecule has 0 bridgehead atoms. The Morgan fingerprint density at radius 3 is 2.58 bits per heavy atom. The lowest BCUT2D eigenvalue weighted by Crippen LogP contribution is -2.57. The van der Waals surface area contributed by atoms with E-state index in [1.807, 2.05) is 53.8 Å². The molecular weight excluding hydrogens is 469 g/mol. The van der Waals surface area contributed by atoms with Crippen molar-refractivity contribution in [3.05, 3.63) is 82.7 Å². The molecule has 2 atom stereocenters. The Labute approximate surface area is 207 Å². The molecule has 1 aromatic heterocycles. The van der Waals surface area contributed by atoms with Crippen molar-refractivity contribution in [3.63, 3.8) is 0 Å². The van der Waals surface area contributed by atoms with Gasteiger partial charge in [0.2, 0.25) is 0 Å². The number of benzene rings is 2. The number of rotatable bonds is 4. The number of aryl methyl sites for hydroxylation is 1. The van der Waals surface area contributed by atoms with Crippen LogP contribution in [0.3, 0.4) is 0 Å². The standard InChI is InChI=1S/C27H27F3N4O2/c1-16-7-19(8-18-5-6-23(24(9-18)35-4)33-13-17(2)31-15-33)26-32-36-14-27(3,34(26)12-16)20-10-21(28)25(30)22(29)11-20/h5-6,8-11,13,15-16H,7,12,14H2,1-4H3. The highest BCUT2D eigenvalue weighted by Crippen LogP contribution is 2.40. The molecule has 0 spiro atoms. The van der Waals surface area contributed by atoms with Crippen molar-refractivity contribution >= 4 is 11.9 Å². The molecule has 2 unspecified atom stereocenters. The van der Waals surface area contributed by atoms with Gasteiger partial charge in [0.15, 0.2) is 23.3 Å². The minimum absolute atomic E-state index is 0.0772. The molecule has 2 aliphatic heterocycles. The van der Waals surface area contributed by atoms with E-state index in [4.69, 9.17) is 9.57 Å². The van der Waals surface area contributed by atoms with E-state index in [1.54, 1.807) is 13.4 Å². The number of hydrogen-bond acceptors (Lipinski definition) is 5. The Hall–Kier alpha value is -3.75. The van der Waals surface area contributed by atoms with Gasteiger partial charge in [-0.3, -0.25) is 0 Å². The molecule has 6 nitrogen and oxygen atoms in total. The molecule has 2 aromatic carbocycles. The van der Waals surface area contributed by atoms with Crippen LogP contribution in [0.1, 0.15) is 37.1 Å². The normalized spacial score (nSPS) is 22.8. The molecule has 5 rings (SSSR count). The van der Waals surface area contributed by atoms with Gasteiger partial charge in [0.25, 0.3) is 0 Å². The average molecular weight is 497 g/mol. The first-order valence-electron chi connectivity index (χ1n) is 11.7. The number of oxime groups is 1. The van der Waals surface area contributed by atoms with Crippen molar-refractivity contribution in [2.75, 3.05) is 20.3 Å². The van der Waals surface area contributed by atoms with E-state index in [0.29, 0.717) is 23.7 Å². The topological polar surface area (TPSA) is 51.9 Å². The van der Waals surface area contributed by atoms with Gasteiger partial charge >= 0.3 is 0 Å². The summed E-state index contributed by atoms with van der Waals surface area (Å²) in [6.45, 7) is 6.55. The van der Waals surface area contributed by atoms with Crippen molar-refractivity contribution in [1.82, 2.24) is 14.5 Å². The number of piperidine rings is 1. The Kier molecular flexibility index (Phi) is 6.02. The predicted octanol–water partition coefficient (Wildman–Crippen LogP) is 5.59. The smallest absolute Gasteiger partial charge is 0.194 e. The van der Waals surface area contributed by atoms with Gasteiger partial charge in [0.1, 0.15) is 17.9 Å². The maximum Gasteiger partial charge on any atom is 0.194 e. The third-order valence-electron chi connectivity index (χ3n) is 6.84. The van der Waals surface area contributed by atoms with Crippen LogP contribution in [0.5, 0.6) is 5.75 Å². The quantitative estimate of drug-likeness (QED) is 0.442. The van der Waals surface area contributed by atoms with Crippen LogP contribution in [-0.2, 0) is 10.4 Å². The first kappa shape index (κ1) is 24.0. The third kappa shape index (κ3) is 4.12. The number of halogens is 3. The molecule has 0 N–H and O–H groups in total. The Bertz CT molecular complexity index is 1360. The third-order valence-corrected chi connectivity index (χ3v) is 6.84. The van der Waals surface area contributed by atoms with Crippen LogP contribution in [0, 0.1) is 30.3 Å². The lowest BCUT2D eigenvalue weighted by Gasteiger charge is -2.49. The summed E-state index contributed by atoms with van der Waals surface area (Å²) in [5.41, 5.74) is 2.97. The van der Waals surface area contributed by atoms with Gasteiger partial charge in [-0.05, 0) is 73.2 Å². The summed E-state index contributed by atoms with van der Waals surface area (Å²) in [4.78, 5) is 11.9. The van der Waals surface area contributed by atoms with Gasteiger partial charge in [-0.1, -0.05) is 18.1 Å². The zero-order chi connectivity index (χ0) is 25.6. The summed E-state index contributed by atoms with van der Waals surface area (Å²) in [5.74, 6) is -2.42. The lowest BCUT2D eigenvalue weighted by molar-refractivity contribution is -0.00365. The van der Waals surface area contributed by atoms with Gasteiger partial charge in [-0.2, -0.15) is 0 Å². The van der Waals surface area contributed by atoms with Crippen LogP contribution < -0.4 is 4.74 Å². The monoisotopic (exact) mass is 496 g/mol. The summed E-state index contributed by atoms with van der Waals surface area (Å²) < 4.78 is 49.5. The molecule has 188 valence electrons. The molecule has 0 radical (unpaired) electrons. The number of methoxy groups -OCH3 is 1. The molecule has 1 saturated heterocycles. The highest BCUT2D eigenvalue weighted by Gasteiger charge is 2.44. The van der Waals surface area contributed by atoms with Gasteiger partial charge in [0, 0.05) is 12.7 Å². The van der Waals surface area contributed by atoms with E-state index >= 15 is 0 Å². The minimum Gasteiger partial charge on any atom is -0.495 e. The second kappa shape index (κ2) is 9.04. The average Bonchev–Trinajstić information content (AvgIpc) is 3.28. The van der Waals surface area contributed by atoms with Crippen molar-refractivity contribution in [1.29, 1.82) is 0 Å². The Morgan fingerprint density at radius 1 is 1.17 bits per heavy atom. The summed E-state index contributed by atoms with van der Waals surface area (Å²) in [6, 6.07) is 7.96. The summed E-state index contributed by atoms with van der Waals surface area (Å²) >= 11 is 0. The molecule has 9 heteroatoms. The van der Waals surface area contributed by atoms with E-state index in [1.165, 1.54) is 0 Å². The maximum atomic E-state index is 14.1. The van der Waals surface area contributed by atoms with Crippen LogP contribution in [-0.4, -0.2) is 40.5 Å². The van der Waals surface area contributed by atoms with Crippen molar-refractivity contribution in [3.8, 4) is 11.4 Å². The Balaban J connectivity index is 1.53. The number of ether oxygens (including phenoxy) is 1. The van der Waals surface area contributed by atoms with Crippen LogP contribution in [0.4, 0.5) is 13.2 Å². The molecule has 1 fully saturated rings. The second-order valence-corrected chi connectivity index (χ2v) is 9.66. The highest BCUT2D eigenvalue weighted by atomic mass is 19.2. The summed E-state index contributed by atoms with van der Waals surface area (Å²) in [6.07, 6.45) is 6.42. The number of fused-ring (bicyclic) bond motifs is 1. The molecule has 0 saturated carbocycles. The number of amidine groups is 1. The fourth-order valence-electron chi connectivity index (χ4n) is 4.92. The lowest BCUT2D eigenvalue weighted by atomic mass is 9.84. The van der Waals surface area contributed by atoms with Crippen molar-refractivity contribution in [2.45, 2.75) is 32.7 Å². The molecule has 0 aliphatic carbocycles. The zero-order valence-electron chi connectivity index (χ0n) is 20.6. The van der Waals surface area contributed by atoms with E-state index in [9.17, 15) is 13.2 Å². The number of hydrogen-bond donors (Lipinski definition) is 0. The van der Waals surface area contributed by atoms with Gasteiger partial charge < -0.3 is 19.0 Å². The highest BCUT2D eigenvalue weighted by molar-refractivity contribution is 6.03. The minimum atomic E-state index is -1.48. The van der Waals surface area contributed by atoms with Crippen molar-refractivity contribution < 1.29 is 22.7 Å². The first-order valence-corrected chi connectivity index (χ1v) is 11.7. The fourth-order valence-corrected chi connectivity index (χ4v) is 4.92. The first-order chi connectivity index (χ1) is 17.2. The molecule has 36 heavy (non-hydrogen) atoms. The molecular formula is C27H27F3N4O2. The van der Waals surface area contributed by atoms with Crippen LogP contribution in [0.15, 0.2) is 53.6 Å². The number of aromatic nitrogens is 2. The number of imidazole rings is 1. The van der Waals surface area contributed by atoms with Gasteiger partial charge in [-0.25, -0.2) is 18.2 Å². The molecule has 2 aliphatic rings. The summed E-state index contributed by atoms with van der Waals surface area (Å²) in [7, 11) is 1.62. The van der Waals surface area contributed by atoms with Crippen LogP contribution >= 0.6 is 0 Å². The van der Waals surface area contributed by atoms with E-state index in [-0.39, 0.29) is 12.5 Å². The van der Waals surface area contributed by atoms with Crippen LogP contribution in [0.2, 0.25) is 0 Å². The fraction of sp³-hybridized carbons (Fsp3) is 0.333. The maximum absolute atomic E-state index is 14.1. The summed E-state index contributed by atoms with van der Waals surface area (Å²) in [5, 5.41) is 4.33. The van der Waals surface area contributed by atoms with Gasteiger partial charge in [-0.15, -0.1) is 0 Å². The molecule has 3 heterocycles. The van der Waals surface area contributed by atoms with Crippen molar-refractivity contribution in [2.24, 2.45) is 11.1 Å². The zero-order valence-corrected chi connectivity index (χ0v) is 20.6. The van der Waals surface area contributed by atoms with E-state index in [0.717, 1.165) is 41.1 Å². The van der Waals surface area contributed by atoms with Gasteiger partial charge in [0.05, 0.1) is 24.8 Å². The SMILES string of the molecule is COc1cc(C=C2CC(C)CN3C2=NOCC3(C)c2cc(F)c(F)c(F)c2)ccc1-n1cnc(C)c1. The molecule has 3 aromatic rings. The number of nitrogens with zero attached hydrogens (tertiary/aromatic N) is 4. The van der Waals surface area contributed by atoms with E-state index in [2.05, 4.69) is 17.1 Å². The van der Waals surface area contributed by atoms with Crippen LogP contribution in [0.25, 0.3) is 11.8 Å². The van der Waals surface area contributed by atoms with E-state index < -0.39 is 23.0 Å².